The van der Waals surface area contributed by atoms with E-state index in [4.69, 9.17) is 16.3 Å². The minimum atomic E-state index is -4.49. The molecule has 0 amide bonds. The minimum absolute atomic E-state index is 0.0188. The minimum Gasteiger partial charge on any atom is -0.460 e. The number of aromatic nitrogens is 2. The van der Waals surface area contributed by atoms with Crippen LogP contribution in [0.2, 0.25) is 5.02 Å². The Hall–Kier alpha value is -2.81. The Kier molecular flexibility index (Phi) is 6.65. The summed E-state index contributed by atoms with van der Waals surface area (Å²) >= 11 is 6.39. The van der Waals surface area contributed by atoms with Crippen LogP contribution in [0.4, 0.5) is 18.9 Å². The van der Waals surface area contributed by atoms with E-state index in [1.54, 1.807) is 0 Å². The highest BCUT2D eigenvalue weighted by Gasteiger charge is 2.65. The highest BCUT2D eigenvalue weighted by molar-refractivity contribution is 6.34. The van der Waals surface area contributed by atoms with E-state index in [9.17, 15) is 22.8 Å². The molecule has 38 heavy (non-hydrogen) atoms. The van der Waals surface area contributed by atoms with Gasteiger partial charge in [-0.1, -0.05) is 29.8 Å². The van der Waals surface area contributed by atoms with E-state index in [1.807, 2.05) is 26.8 Å². The molecular weight excluding hydrogens is 519 g/mol. The lowest BCUT2D eigenvalue weighted by Gasteiger charge is -2.26. The smallest absolute Gasteiger partial charge is 0.398 e. The van der Waals surface area contributed by atoms with Gasteiger partial charge in [0, 0.05) is 6.54 Å². The molecule has 0 radical (unpaired) electrons. The zero-order valence-electron chi connectivity index (χ0n) is 21.7. The normalized spacial score (nSPS) is 20.7. The highest BCUT2D eigenvalue weighted by Crippen LogP contribution is 2.60. The number of ether oxygens (including phenoxy) is 1. The maximum atomic E-state index is 14.0. The lowest BCUT2D eigenvalue weighted by atomic mass is 9.87. The maximum Gasteiger partial charge on any atom is 0.398 e. The lowest BCUT2D eigenvalue weighted by Crippen LogP contribution is -2.32. The van der Waals surface area contributed by atoms with Gasteiger partial charge in [-0.3, -0.25) is 9.59 Å². The van der Waals surface area contributed by atoms with E-state index in [2.05, 4.69) is 10.4 Å². The molecule has 3 aliphatic rings. The third kappa shape index (κ3) is 4.74. The van der Waals surface area contributed by atoms with Gasteiger partial charge in [-0.15, -0.1) is 0 Å². The van der Waals surface area contributed by atoms with Gasteiger partial charge < -0.3 is 10.1 Å². The SMILES string of the molecule is CC(C)(C)OC(=O)C1CC=C(c2nn(C(=O)c3c(Cl)cccc3C3(C(F)(F)F)CC3)c3c2NCCC3)CC1. The van der Waals surface area contributed by atoms with Crippen molar-refractivity contribution in [3.8, 4) is 0 Å². The molecule has 1 aromatic carbocycles. The summed E-state index contributed by atoms with van der Waals surface area (Å²) in [6.45, 7) is 6.20. The van der Waals surface area contributed by atoms with Crippen molar-refractivity contribution in [2.45, 2.75) is 82.9 Å². The first kappa shape index (κ1) is 26.8. The van der Waals surface area contributed by atoms with Gasteiger partial charge >= 0.3 is 12.1 Å². The number of nitrogens with one attached hydrogen (secondary N) is 1. The summed E-state index contributed by atoms with van der Waals surface area (Å²) in [4.78, 5) is 26.4. The Balaban J connectivity index is 1.50. The molecule has 1 fully saturated rings. The molecule has 1 N–H and O–H groups in total. The quantitative estimate of drug-likeness (QED) is 0.429. The van der Waals surface area contributed by atoms with Gasteiger partial charge in [0.1, 0.15) is 11.3 Å². The molecule has 1 aromatic heterocycles. The number of carbonyl (C=O) groups excluding carboxylic acids is 2. The summed E-state index contributed by atoms with van der Waals surface area (Å²) in [5.74, 6) is -1.15. The fourth-order valence-corrected chi connectivity index (χ4v) is 5.71. The van der Waals surface area contributed by atoms with Crippen LogP contribution in [0.5, 0.6) is 0 Å². The molecule has 204 valence electrons. The molecule has 6 nitrogen and oxygen atoms in total. The van der Waals surface area contributed by atoms with Crippen LogP contribution in [0.15, 0.2) is 24.3 Å². The highest BCUT2D eigenvalue weighted by atomic mass is 35.5. The number of carbonyl (C=O) groups is 2. The summed E-state index contributed by atoms with van der Waals surface area (Å²) in [6.07, 6.45) is 0.265. The maximum absolute atomic E-state index is 14.0. The second-order valence-electron chi connectivity index (χ2n) is 11.4. The number of hydrogen-bond donors (Lipinski definition) is 1. The molecule has 1 saturated carbocycles. The molecular formula is C28H31ClF3N3O3. The number of hydrogen-bond acceptors (Lipinski definition) is 5. The van der Waals surface area contributed by atoms with Crippen molar-refractivity contribution in [2.24, 2.45) is 5.92 Å². The fourth-order valence-electron chi connectivity index (χ4n) is 5.46. The van der Waals surface area contributed by atoms with Crippen molar-refractivity contribution in [1.82, 2.24) is 9.78 Å². The van der Waals surface area contributed by atoms with E-state index >= 15 is 0 Å². The van der Waals surface area contributed by atoms with Crippen LogP contribution in [-0.4, -0.2) is 40.0 Å². The van der Waals surface area contributed by atoms with Gasteiger partial charge in [0.05, 0.1) is 33.3 Å². The Morgan fingerprint density at radius 3 is 2.53 bits per heavy atom. The van der Waals surface area contributed by atoms with Gasteiger partial charge in [-0.25, -0.2) is 0 Å². The summed E-state index contributed by atoms with van der Waals surface area (Å²) in [5.41, 5.74) is -0.00265. The lowest BCUT2D eigenvalue weighted by molar-refractivity contribution is -0.161. The van der Waals surface area contributed by atoms with Crippen molar-refractivity contribution >= 4 is 34.7 Å². The Morgan fingerprint density at radius 1 is 1.18 bits per heavy atom. The van der Waals surface area contributed by atoms with Crippen LogP contribution in [-0.2, 0) is 21.4 Å². The number of anilines is 1. The van der Waals surface area contributed by atoms with Crippen LogP contribution < -0.4 is 5.32 Å². The van der Waals surface area contributed by atoms with Gasteiger partial charge in [-0.05, 0) is 82.9 Å². The molecule has 5 rings (SSSR count). The Morgan fingerprint density at radius 2 is 1.92 bits per heavy atom. The standard InChI is InChI=1S/C28H31ClF3N3O3/c1-26(2,3)38-25(37)17-11-9-16(10-12-17)22-23-20(8-5-15-33-23)35(34-22)24(36)21-18(6-4-7-19(21)29)27(13-14-27)28(30,31)32/h4,6-7,9,17,33H,5,8,10-15H2,1-3H3. The predicted octanol–water partition coefficient (Wildman–Crippen LogP) is 6.70. The van der Waals surface area contributed by atoms with Crippen LogP contribution in [0.1, 0.15) is 86.6 Å². The van der Waals surface area contributed by atoms with Crippen molar-refractivity contribution in [3.05, 3.63) is 51.8 Å². The first-order valence-corrected chi connectivity index (χ1v) is 13.4. The largest absolute Gasteiger partial charge is 0.460 e. The van der Waals surface area contributed by atoms with Gasteiger partial charge in [0.15, 0.2) is 0 Å². The first-order chi connectivity index (χ1) is 17.8. The van der Waals surface area contributed by atoms with Crippen molar-refractivity contribution in [3.63, 3.8) is 0 Å². The number of esters is 1. The van der Waals surface area contributed by atoms with Crippen LogP contribution in [0, 0.1) is 5.92 Å². The monoisotopic (exact) mass is 549 g/mol. The van der Waals surface area contributed by atoms with E-state index in [0.29, 0.717) is 43.6 Å². The number of halogens is 4. The number of fused-ring (bicyclic) bond motifs is 1. The number of allylic oxidation sites excluding steroid dienone is 2. The topological polar surface area (TPSA) is 73.2 Å². The predicted molar refractivity (Wildman–Crippen MR) is 138 cm³/mol. The fraction of sp³-hybridized carbons (Fsp3) is 0.536. The molecule has 2 heterocycles. The van der Waals surface area contributed by atoms with E-state index in [0.717, 1.165) is 17.7 Å². The number of rotatable bonds is 4. The molecule has 1 unspecified atom stereocenters. The van der Waals surface area contributed by atoms with Crippen LogP contribution in [0.3, 0.4) is 0 Å². The summed E-state index contributed by atoms with van der Waals surface area (Å²) in [6, 6.07) is 4.26. The van der Waals surface area contributed by atoms with Crippen LogP contribution >= 0.6 is 11.6 Å². The van der Waals surface area contributed by atoms with E-state index < -0.39 is 23.1 Å². The molecule has 0 saturated heterocycles. The average molecular weight is 550 g/mol. The number of alkyl halides is 3. The zero-order chi connectivity index (χ0) is 27.5. The summed E-state index contributed by atoms with van der Waals surface area (Å²) in [5, 5.41) is 7.96. The zero-order valence-corrected chi connectivity index (χ0v) is 22.4. The molecule has 1 atom stereocenters. The second-order valence-corrected chi connectivity index (χ2v) is 11.8. The Bertz CT molecular complexity index is 1320. The molecule has 1 aliphatic heterocycles. The van der Waals surface area contributed by atoms with Gasteiger partial charge in [0.2, 0.25) is 0 Å². The van der Waals surface area contributed by atoms with E-state index in [1.165, 1.54) is 22.9 Å². The van der Waals surface area contributed by atoms with Crippen molar-refractivity contribution < 1.29 is 27.5 Å². The van der Waals surface area contributed by atoms with E-state index in [-0.39, 0.29) is 40.9 Å². The third-order valence-corrected chi connectivity index (χ3v) is 7.87. The third-order valence-electron chi connectivity index (χ3n) is 7.56. The van der Waals surface area contributed by atoms with Crippen molar-refractivity contribution in [2.75, 3.05) is 11.9 Å². The molecule has 0 spiro atoms. The molecule has 10 heteroatoms. The summed E-state index contributed by atoms with van der Waals surface area (Å²) < 4.78 is 48.9. The second kappa shape index (κ2) is 9.43. The van der Waals surface area contributed by atoms with Crippen LogP contribution in [0.25, 0.3) is 5.57 Å². The molecule has 2 aromatic rings. The summed E-state index contributed by atoms with van der Waals surface area (Å²) in [7, 11) is 0. The Labute approximate surface area is 224 Å². The average Bonchev–Trinajstić information content (AvgIpc) is 3.58. The number of benzene rings is 1. The number of nitrogens with zero attached hydrogens (tertiary/aromatic N) is 2. The van der Waals surface area contributed by atoms with Gasteiger partial charge in [0.25, 0.3) is 5.91 Å². The van der Waals surface area contributed by atoms with Gasteiger partial charge in [-0.2, -0.15) is 23.0 Å². The molecule has 2 aliphatic carbocycles. The molecule has 0 bridgehead atoms. The first-order valence-electron chi connectivity index (χ1n) is 13.0. The van der Waals surface area contributed by atoms with Crippen molar-refractivity contribution in [1.29, 1.82) is 0 Å².